The Morgan fingerprint density at radius 2 is 2.16 bits per heavy atom. The van der Waals surface area contributed by atoms with Crippen LogP contribution in [0.3, 0.4) is 0 Å². The number of nitrogens with one attached hydrogen (secondary N) is 1. The highest BCUT2D eigenvalue weighted by Gasteiger charge is 2.24. The summed E-state index contributed by atoms with van der Waals surface area (Å²) in [6, 6.07) is 2.52. The Labute approximate surface area is 116 Å². The van der Waals surface area contributed by atoms with E-state index in [1.54, 1.807) is 0 Å². The Hall–Kier alpha value is -0.930. The molecule has 0 amide bonds. The minimum absolute atomic E-state index is 0.348. The van der Waals surface area contributed by atoms with Gasteiger partial charge in [0.25, 0.3) is 0 Å². The van der Waals surface area contributed by atoms with E-state index in [4.69, 9.17) is 4.74 Å². The van der Waals surface area contributed by atoms with Crippen LogP contribution in [-0.2, 0) is 4.74 Å². The van der Waals surface area contributed by atoms with Crippen LogP contribution in [0.15, 0.2) is 6.07 Å². The van der Waals surface area contributed by atoms with Crippen molar-refractivity contribution in [2.24, 2.45) is 5.92 Å². The van der Waals surface area contributed by atoms with E-state index in [9.17, 15) is 0 Å². The number of rotatable bonds is 4. The van der Waals surface area contributed by atoms with Gasteiger partial charge in [-0.1, -0.05) is 0 Å². The van der Waals surface area contributed by atoms with Crippen molar-refractivity contribution in [1.82, 2.24) is 10.3 Å². The summed E-state index contributed by atoms with van der Waals surface area (Å²) in [5, 5.41) is 3.65. The maximum atomic E-state index is 5.61. The van der Waals surface area contributed by atoms with E-state index in [2.05, 4.69) is 51.0 Å². The van der Waals surface area contributed by atoms with Crippen LogP contribution in [0.25, 0.3) is 0 Å². The Kier molecular flexibility index (Phi) is 4.58. The van der Waals surface area contributed by atoms with Crippen LogP contribution in [0.1, 0.15) is 48.8 Å². The molecule has 0 saturated carbocycles. The van der Waals surface area contributed by atoms with E-state index in [1.807, 2.05) is 0 Å². The second kappa shape index (κ2) is 6.02. The fourth-order valence-corrected chi connectivity index (χ4v) is 3.16. The third kappa shape index (κ3) is 3.34. The molecule has 3 nitrogen and oxygen atoms in total. The molecule has 1 aliphatic rings. The average molecular weight is 262 g/mol. The molecule has 1 fully saturated rings. The van der Waals surface area contributed by atoms with Gasteiger partial charge in [0.05, 0.1) is 6.10 Å². The lowest BCUT2D eigenvalue weighted by atomic mass is 9.98. The Morgan fingerprint density at radius 1 is 1.42 bits per heavy atom. The van der Waals surface area contributed by atoms with Crippen molar-refractivity contribution in [3.05, 3.63) is 28.6 Å². The molecule has 1 aromatic heterocycles. The molecule has 0 aliphatic carbocycles. The highest BCUT2D eigenvalue weighted by atomic mass is 16.5. The van der Waals surface area contributed by atoms with Gasteiger partial charge in [0.1, 0.15) is 0 Å². The van der Waals surface area contributed by atoms with E-state index in [0.29, 0.717) is 18.1 Å². The number of hydrogen-bond donors (Lipinski definition) is 1. The minimum Gasteiger partial charge on any atom is -0.378 e. The first-order valence-corrected chi connectivity index (χ1v) is 7.28. The molecule has 3 atom stereocenters. The molecule has 1 aliphatic heterocycles. The van der Waals surface area contributed by atoms with E-state index >= 15 is 0 Å². The van der Waals surface area contributed by atoms with Crippen LogP contribution in [-0.4, -0.2) is 24.2 Å². The Balaban J connectivity index is 2.02. The van der Waals surface area contributed by atoms with E-state index in [0.717, 1.165) is 24.5 Å². The minimum atomic E-state index is 0.348. The third-order valence-electron chi connectivity index (χ3n) is 4.24. The summed E-state index contributed by atoms with van der Waals surface area (Å²) in [7, 11) is 0. The van der Waals surface area contributed by atoms with Crippen molar-refractivity contribution in [2.45, 2.75) is 53.2 Å². The van der Waals surface area contributed by atoms with Gasteiger partial charge < -0.3 is 10.1 Å². The van der Waals surface area contributed by atoms with Gasteiger partial charge in [-0.2, -0.15) is 0 Å². The predicted octanol–water partition coefficient (Wildman–Crippen LogP) is 3.08. The molecule has 19 heavy (non-hydrogen) atoms. The first-order chi connectivity index (χ1) is 8.99. The summed E-state index contributed by atoms with van der Waals surface area (Å²) < 4.78 is 5.61. The molecule has 3 heteroatoms. The van der Waals surface area contributed by atoms with E-state index < -0.39 is 0 Å². The number of nitrogens with zero attached hydrogens (tertiary/aromatic N) is 1. The monoisotopic (exact) mass is 262 g/mol. The van der Waals surface area contributed by atoms with Crippen LogP contribution in [0.4, 0.5) is 0 Å². The molecule has 3 unspecified atom stereocenters. The van der Waals surface area contributed by atoms with Crippen molar-refractivity contribution < 1.29 is 4.74 Å². The second-order valence-electron chi connectivity index (χ2n) is 5.83. The normalized spacial score (nSPS) is 24.7. The molecule has 0 radical (unpaired) electrons. The fraction of sp³-hybridized carbons (Fsp3) is 0.688. The van der Waals surface area contributed by atoms with Crippen LogP contribution in [0, 0.1) is 26.7 Å². The lowest BCUT2D eigenvalue weighted by Gasteiger charge is -2.22. The SMILES string of the molecule is Cc1cc(C)c(C(C)NCC2CCOC2C)c(C)n1. The summed E-state index contributed by atoms with van der Waals surface area (Å²) in [5.41, 5.74) is 4.93. The largest absolute Gasteiger partial charge is 0.378 e. The molecule has 1 aromatic rings. The molecule has 2 heterocycles. The van der Waals surface area contributed by atoms with Crippen molar-refractivity contribution in [2.75, 3.05) is 13.2 Å². The zero-order chi connectivity index (χ0) is 14.0. The molecule has 1 saturated heterocycles. The zero-order valence-corrected chi connectivity index (χ0v) is 12.8. The highest BCUT2D eigenvalue weighted by molar-refractivity contribution is 5.33. The number of aromatic nitrogens is 1. The summed E-state index contributed by atoms with van der Waals surface area (Å²) >= 11 is 0. The first kappa shape index (κ1) is 14.5. The van der Waals surface area contributed by atoms with Crippen molar-refractivity contribution in [3.63, 3.8) is 0 Å². The number of pyridine rings is 1. The molecular weight excluding hydrogens is 236 g/mol. The summed E-state index contributed by atoms with van der Waals surface area (Å²) in [6.45, 7) is 12.7. The van der Waals surface area contributed by atoms with Crippen LogP contribution < -0.4 is 5.32 Å². The van der Waals surface area contributed by atoms with E-state index in [-0.39, 0.29) is 0 Å². The molecule has 1 N–H and O–H groups in total. The standard InChI is InChI=1S/C16H26N2O/c1-10-8-11(2)18-13(4)16(10)12(3)17-9-15-6-7-19-14(15)5/h8,12,14-15,17H,6-7,9H2,1-5H3. The molecule has 2 rings (SSSR count). The van der Waals surface area contributed by atoms with Crippen molar-refractivity contribution in [1.29, 1.82) is 0 Å². The molecule has 106 valence electrons. The summed E-state index contributed by atoms with van der Waals surface area (Å²) in [5.74, 6) is 0.640. The topological polar surface area (TPSA) is 34.1 Å². The van der Waals surface area contributed by atoms with Crippen LogP contribution in [0.2, 0.25) is 0 Å². The fourth-order valence-electron chi connectivity index (χ4n) is 3.16. The second-order valence-corrected chi connectivity index (χ2v) is 5.83. The Bertz CT molecular complexity index is 421. The molecule has 0 aromatic carbocycles. The first-order valence-electron chi connectivity index (χ1n) is 7.28. The van der Waals surface area contributed by atoms with Gasteiger partial charge in [-0.05, 0) is 64.2 Å². The smallest absolute Gasteiger partial charge is 0.0588 e. The third-order valence-corrected chi connectivity index (χ3v) is 4.24. The number of ether oxygens (including phenoxy) is 1. The van der Waals surface area contributed by atoms with Gasteiger partial charge in [-0.25, -0.2) is 0 Å². The molecular formula is C16H26N2O. The Morgan fingerprint density at radius 3 is 2.74 bits per heavy atom. The van der Waals surface area contributed by atoms with Gasteiger partial charge in [-0.15, -0.1) is 0 Å². The summed E-state index contributed by atoms with van der Waals surface area (Å²) in [6.07, 6.45) is 1.56. The molecule has 0 spiro atoms. The quantitative estimate of drug-likeness (QED) is 0.905. The van der Waals surface area contributed by atoms with E-state index in [1.165, 1.54) is 17.5 Å². The highest BCUT2D eigenvalue weighted by Crippen LogP contribution is 2.24. The maximum Gasteiger partial charge on any atom is 0.0588 e. The van der Waals surface area contributed by atoms with Crippen molar-refractivity contribution in [3.8, 4) is 0 Å². The van der Waals surface area contributed by atoms with Gasteiger partial charge in [0, 0.05) is 30.6 Å². The average Bonchev–Trinajstić information content (AvgIpc) is 2.70. The van der Waals surface area contributed by atoms with Crippen molar-refractivity contribution >= 4 is 0 Å². The predicted molar refractivity (Wildman–Crippen MR) is 78.4 cm³/mol. The lowest BCUT2D eigenvalue weighted by molar-refractivity contribution is 0.105. The lowest BCUT2D eigenvalue weighted by Crippen LogP contribution is -2.30. The van der Waals surface area contributed by atoms with Crippen LogP contribution in [0.5, 0.6) is 0 Å². The van der Waals surface area contributed by atoms with Gasteiger partial charge in [-0.3, -0.25) is 4.98 Å². The number of aryl methyl sites for hydroxylation is 3. The van der Waals surface area contributed by atoms with Gasteiger partial charge in [0.2, 0.25) is 0 Å². The van der Waals surface area contributed by atoms with Gasteiger partial charge >= 0.3 is 0 Å². The zero-order valence-electron chi connectivity index (χ0n) is 12.8. The van der Waals surface area contributed by atoms with Gasteiger partial charge in [0.15, 0.2) is 0 Å². The summed E-state index contributed by atoms with van der Waals surface area (Å²) in [4.78, 5) is 4.59. The number of hydrogen-bond acceptors (Lipinski definition) is 3. The molecule has 0 bridgehead atoms. The maximum absolute atomic E-state index is 5.61. The van der Waals surface area contributed by atoms with Crippen LogP contribution >= 0.6 is 0 Å².